The van der Waals surface area contributed by atoms with E-state index >= 15 is 0 Å². The number of hydrogen-bond acceptors (Lipinski definition) is 5. The molecule has 0 atom stereocenters. The van der Waals surface area contributed by atoms with E-state index in [1.165, 1.54) is 42.2 Å². The third kappa shape index (κ3) is 3.14. The van der Waals surface area contributed by atoms with Gasteiger partial charge in [-0.25, -0.2) is 9.50 Å². The summed E-state index contributed by atoms with van der Waals surface area (Å²) in [6.07, 6.45) is 8.34. The Morgan fingerprint density at radius 2 is 2.00 bits per heavy atom. The summed E-state index contributed by atoms with van der Waals surface area (Å²) in [7, 11) is 1.70. The van der Waals surface area contributed by atoms with Gasteiger partial charge in [0, 0.05) is 10.7 Å². The van der Waals surface area contributed by atoms with Crippen LogP contribution in [0.25, 0.3) is 26.3 Å². The highest BCUT2D eigenvalue weighted by Crippen LogP contribution is 2.35. The molecule has 1 saturated carbocycles. The number of fused-ring (bicyclic) bond motifs is 2. The van der Waals surface area contributed by atoms with E-state index in [2.05, 4.69) is 28.5 Å². The van der Waals surface area contributed by atoms with Gasteiger partial charge < -0.3 is 10.1 Å². The first kappa shape index (κ1) is 16.6. The predicted molar refractivity (Wildman–Crippen MR) is 111 cm³/mol. The molecule has 4 aromatic rings. The first-order valence-corrected chi connectivity index (χ1v) is 10.3. The standard InChI is InChI=1S/C21H22N4OS/c1-26-16-7-8-18-14(11-16)12-19(27-18)17-13-22-21-10-9-20(24-25(17)21)23-15-5-3-2-4-6-15/h7-13,15H,2-6H2,1H3,(H,23,24). The van der Waals surface area contributed by atoms with Crippen molar-refractivity contribution in [3.63, 3.8) is 0 Å². The molecular formula is C21H22N4OS. The van der Waals surface area contributed by atoms with E-state index in [1.807, 2.05) is 28.9 Å². The van der Waals surface area contributed by atoms with E-state index in [0.717, 1.165) is 27.8 Å². The van der Waals surface area contributed by atoms with Gasteiger partial charge in [0.15, 0.2) is 5.65 Å². The van der Waals surface area contributed by atoms with Gasteiger partial charge in [-0.05, 0) is 54.6 Å². The van der Waals surface area contributed by atoms with Crippen LogP contribution >= 0.6 is 11.3 Å². The quantitative estimate of drug-likeness (QED) is 0.519. The lowest BCUT2D eigenvalue weighted by atomic mass is 9.95. The number of anilines is 1. The number of imidazole rings is 1. The number of aromatic nitrogens is 3. The minimum atomic E-state index is 0.535. The van der Waals surface area contributed by atoms with Crippen molar-refractivity contribution in [1.29, 1.82) is 0 Å². The third-order valence-corrected chi connectivity index (χ3v) is 6.43. The molecule has 1 aliphatic rings. The lowest BCUT2D eigenvalue weighted by Crippen LogP contribution is -2.23. The lowest BCUT2D eigenvalue weighted by Gasteiger charge is -2.23. The number of rotatable bonds is 4. The van der Waals surface area contributed by atoms with Crippen molar-refractivity contribution in [2.75, 3.05) is 12.4 Å². The number of ether oxygens (including phenoxy) is 1. The fourth-order valence-electron chi connectivity index (χ4n) is 3.85. The van der Waals surface area contributed by atoms with Crippen LogP contribution in [0.3, 0.4) is 0 Å². The molecule has 0 saturated heterocycles. The molecule has 1 N–H and O–H groups in total. The average molecular weight is 379 g/mol. The zero-order valence-corrected chi connectivity index (χ0v) is 16.1. The van der Waals surface area contributed by atoms with Gasteiger partial charge in [0.2, 0.25) is 0 Å². The van der Waals surface area contributed by atoms with Crippen molar-refractivity contribution in [2.24, 2.45) is 0 Å². The van der Waals surface area contributed by atoms with Crippen LogP contribution in [0.1, 0.15) is 32.1 Å². The van der Waals surface area contributed by atoms with Crippen molar-refractivity contribution in [3.05, 3.63) is 42.6 Å². The molecule has 1 aliphatic carbocycles. The molecule has 1 aromatic carbocycles. The molecule has 5 rings (SSSR count). The minimum Gasteiger partial charge on any atom is -0.497 e. The van der Waals surface area contributed by atoms with Crippen LogP contribution < -0.4 is 10.1 Å². The minimum absolute atomic E-state index is 0.535. The van der Waals surface area contributed by atoms with Gasteiger partial charge in [-0.3, -0.25) is 0 Å². The molecule has 138 valence electrons. The first-order valence-electron chi connectivity index (χ1n) is 9.49. The van der Waals surface area contributed by atoms with E-state index in [1.54, 1.807) is 18.4 Å². The van der Waals surface area contributed by atoms with Gasteiger partial charge in [0.05, 0.1) is 18.2 Å². The van der Waals surface area contributed by atoms with Crippen LogP contribution in [-0.4, -0.2) is 27.7 Å². The Morgan fingerprint density at radius 1 is 1.11 bits per heavy atom. The maximum atomic E-state index is 5.35. The highest BCUT2D eigenvalue weighted by Gasteiger charge is 2.15. The topological polar surface area (TPSA) is 51.5 Å². The largest absolute Gasteiger partial charge is 0.497 e. The summed E-state index contributed by atoms with van der Waals surface area (Å²) in [6, 6.07) is 13.0. The monoisotopic (exact) mass is 378 g/mol. The number of thiophene rings is 1. The van der Waals surface area contributed by atoms with Crippen LogP contribution in [-0.2, 0) is 0 Å². The highest BCUT2D eigenvalue weighted by atomic mass is 32.1. The van der Waals surface area contributed by atoms with Gasteiger partial charge in [0.25, 0.3) is 0 Å². The Morgan fingerprint density at radius 3 is 2.85 bits per heavy atom. The van der Waals surface area contributed by atoms with Crippen molar-refractivity contribution < 1.29 is 4.74 Å². The molecular weight excluding hydrogens is 356 g/mol. The zero-order chi connectivity index (χ0) is 18.2. The van der Waals surface area contributed by atoms with Crippen LogP contribution in [0.5, 0.6) is 5.75 Å². The summed E-state index contributed by atoms with van der Waals surface area (Å²) in [5.41, 5.74) is 1.90. The number of methoxy groups -OCH3 is 1. The second-order valence-electron chi connectivity index (χ2n) is 7.13. The molecule has 3 aromatic heterocycles. The fourth-order valence-corrected chi connectivity index (χ4v) is 4.89. The summed E-state index contributed by atoms with van der Waals surface area (Å²) >= 11 is 1.75. The average Bonchev–Trinajstić information content (AvgIpc) is 3.31. The molecule has 0 amide bonds. The van der Waals surface area contributed by atoms with E-state index in [4.69, 9.17) is 9.84 Å². The summed E-state index contributed by atoms with van der Waals surface area (Å²) in [6.45, 7) is 0. The fraction of sp³-hybridized carbons (Fsp3) is 0.333. The SMILES string of the molecule is COc1ccc2sc(-c3cnc4ccc(NC5CCCCC5)nn34)cc2c1. The van der Waals surface area contributed by atoms with Crippen molar-refractivity contribution in [1.82, 2.24) is 14.6 Å². The van der Waals surface area contributed by atoms with Crippen LogP contribution in [0, 0.1) is 0 Å². The summed E-state index contributed by atoms with van der Waals surface area (Å²) in [5, 5.41) is 9.63. The van der Waals surface area contributed by atoms with Gasteiger partial charge in [-0.1, -0.05) is 19.3 Å². The first-order chi connectivity index (χ1) is 13.3. The Bertz CT molecular complexity index is 1090. The van der Waals surface area contributed by atoms with Gasteiger partial charge in [-0.15, -0.1) is 16.4 Å². The summed E-state index contributed by atoms with van der Waals surface area (Å²) < 4.78 is 8.53. The van der Waals surface area contributed by atoms with Crippen molar-refractivity contribution in [2.45, 2.75) is 38.1 Å². The number of benzene rings is 1. The van der Waals surface area contributed by atoms with Crippen molar-refractivity contribution >= 4 is 32.9 Å². The maximum Gasteiger partial charge on any atom is 0.154 e. The normalized spacial score (nSPS) is 15.4. The third-order valence-electron chi connectivity index (χ3n) is 5.30. The van der Waals surface area contributed by atoms with Crippen molar-refractivity contribution in [3.8, 4) is 16.3 Å². The molecule has 6 heteroatoms. The molecule has 27 heavy (non-hydrogen) atoms. The number of hydrogen-bond donors (Lipinski definition) is 1. The van der Waals surface area contributed by atoms with E-state index in [0.29, 0.717) is 6.04 Å². The van der Waals surface area contributed by atoms with E-state index < -0.39 is 0 Å². The molecule has 1 fully saturated rings. The van der Waals surface area contributed by atoms with Gasteiger partial charge in [0.1, 0.15) is 17.3 Å². The van der Waals surface area contributed by atoms with Gasteiger partial charge in [-0.2, -0.15) is 0 Å². The maximum absolute atomic E-state index is 5.35. The van der Waals surface area contributed by atoms with Crippen LogP contribution in [0.15, 0.2) is 42.6 Å². The Hall–Kier alpha value is -2.60. The molecule has 0 spiro atoms. The molecule has 3 heterocycles. The second kappa shape index (κ2) is 6.85. The lowest BCUT2D eigenvalue weighted by molar-refractivity contribution is 0.415. The Labute approximate surface area is 162 Å². The molecule has 5 nitrogen and oxygen atoms in total. The van der Waals surface area contributed by atoms with Gasteiger partial charge >= 0.3 is 0 Å². The van der Waals surface area contributed by atoms with Crippen LogP contribution in [0.2, 0.25) is 0 Å². The predicted octanol–water partition coefficient (Wildman–Crippen LogP) is 5.36. The molecule has 0 unspecified atom stereocenters. The Balaban J connectivity index is 1.51. The van der Waals surface area contributed by atoms with Crippen LogP contribution in [0.4, 0.5) is 5.82 Å². The summed E-state index contributed by atoms with van der Waals surface area (Å²) in [4.78, 5) is 5.70. The smallest absolute Gasteiger partial charge is 0.154 e. The van der Waals surface area contributed by atoms with E-state index in [-0.39, 0.29) is 0 Å². The van der Waals surface area contributed by atoms with E-state index in [9.17, 15) is 0 Å². The number of nitrogens with zero attached hydrogens (tertiary/aromatic N) is 3. The number of nitrogens with one attached hydrogen (secondary N) is 1. The summed E-state index contributed by atoms with van der Waals surface area (Å²) in [5.74, 6) is 1.80. The highest BCUT2D eigenvalue weighted by molar-refractivity contribution is 7.22. The zero-order valence-electron chi connectivity index (χ0n) is 15.3. The molecule has 0 aliphatic heterocycles. The molecule has 0 bridgehead atoms. The Kier molecular flexibility index (Phi) is 4.20. The second-order valence-corrected chi connectivity index (χ2v) is 8.21. The molecule has 0 radical (unpaired) electrons.